The fourth-order valence-electron chi connectivity index (χ4n) is 1.37. The number of aliphatic hydroxyl groups excluding tert-OH is 1. The summed E-state index contributed by atoms with van der Waals surface area (Å²) in [7, 11) is 0. The van der Waals surface area contributed by atoms with Crippen molar-refractivity contribution >= 4 is 5.97 Å². The van der Waals surface area contributed by atoms with Crippen molar-refractivity contribution < 1.29 is 32.9 Å². The second kappa shape index (κ2) is 5.97. The zero-order valence-electron chi connectivity index (χ0n) is 9.89. The predicted molar refractivity (Wildman–Crippen MR) is 54.5 cm³/mol. The summed E-state index contributed by atoms with van der Waals surface area (Å²) in [4.78, 5) is 10.6. The van der Waals surface area contributed by atoms with Crippen LogP contribution in [0.5, 0.6) is 0 Å². The van der Waals surface area contributed by atoms with Crippen LogP contribution in [0.25, 0.3) is 0 Å². The molecule has 0 aliphatic carbocycles. The third-order valence-electron chi connectivity index (χ3n) is 2.10. The highest BCUT2D eigenvalue weighted by Gasteiger charge is 2.41. The normalized spacial score (nSPS) is 13.5. The molecule has 0 amide bonds. The van der Waals surface area contributed by atoms with E-state index in [4.69, 9.17) is 9.84 Å². The number of hydrogen-bond donors (Lipinski definition) is 2. The molecule has 10 heteroatoms. The number of aromatic nitrogens is 3. The van der Waals surface area contributed by atoms with E-state index in [1.54, 1.807) is 6.92 Å². The quantitative estimate of drug-likeness (QED) is 0.784. The fourth-order valence-corrected chi connectivity index (χ4v) is 1.37. The molecule has 0 saturated heterocycles. The molecule has 2 N–H and O–H groups in total. The highest BCUT2D eigenvalue weighted by molar-refractivity contribution is 5.86. The van der Waals surface area contributed by atoms with Gasteiger partial charge in [-0.15, -0.1) is 5.10 Å². The number of nitrogens with zero attached hydrogens (tertiary/aromatic N) is 3. The van der Waals surface area contributed by atoms with Crippen LogP contribution in [0.2, 0.25) is 0 Å². The average Bonchev–Trinajstić information content (AvgIpc) is 2.69. The third-order valence-corrected chi connectivity index (χ3v) is 2.10. The molecule has 0 aliphatic rings. The van der Waals surface area contributed by atoms with Gasteiger partial charge in [0.05, 0.1) is 19.3 Å². The molecule has 0 fully saturated rings. The average molecular weight is 283 g/mol. The number of carboxylic acids is 1. The summed E-state index contributed by atoms with van der Waals surface area (Å²) >= 11 is 0. The zero-order valence-corrected chi connectivity index (χ0v) is 9.89. The Morgan fingerprint density at radius 1 is 1.53 bits per heavy atom. The SMILES string of the molecule is CCOCC(O)Cn1nnc(C(=O)O)c1C(F)(F)F. The third kappa shape index (κ3) is 3.89. The van der Waals surface area contributed by atoms with Crippen LogP contribution in [0.1, 0.15) is 23.1 Å². The molecule has 1 unspecified atom stereocenters. The Bertz CT molecular complexity index is 446. The van der Waals surface area contributed by atoms with E-state index in [1.807, 2.05) is 0 Å². The van der Waals surface area contributed by atoms with Crippen molar-refractivity contribution in [3.63, 3.8) is 0 Å². The Morgan fingerprint density at radius 3 is 2.63 bits per heavy atom. The first-order chi connectivity index (χ1) is 8.77. The lowest BCUT2D eigenvalue weighted by Crippen LogP contribution is -2.26. The number of alkyl halides is 3. The second-order valence-corrected chi connectivity index (χ2v) is 3.58. The molecule has 1 aromatic rings. The monoisotopic (exact) mass is 283 g/mol. The topological polar surface area (TPSA) is 97.5 Å². The van der Waals surface area contributed by atoms with Gasteiger partial charge in [-0.2, -0.15) is 13.2 Å². The lowest BCUT2D eigenvalue weighted by molar-refractivity contribution is -0.145. The van der Waals surface area contributed by atoms with Gasteiger partial charge in [0, 0.05) is 6.61 Å². The van der Waals surface area contributed by atoms with E-state index < -0.39 is 36.2 Å². The number of aliphatic hydroxyl groups is 1. The van der Waals surface area contributed by atoms with Crippen molar-refractivity contribution in [2.45, 2.75) is 25.7 Å². The summed E-state index contributed by atoms with van der Waals surface area (Å²) in [5.41, 5.74) is -2.70. The first-order valence-electron chi connectivity index (χ1n) is 5.27. The maximum Gasteiger partial charge on any atom is 0.435 e. The fraction of sp³-hybridized carbons (Fsp3) is 0.667. The minimum Gasteiger partial charge on any atom is -0.476 e. The van der Waals surface area contributed by atoms with Crippen molar-refractivity contribution in [3.8, 4) is 0 Å². The number of ether oxygens (including phenoxy) is 1. The lowest BCUT2D eigenvalue weighted by Gasteiger charge is -2.13. The summed E-state index contributed by atoms with van der Waals surface area (Å²) in [6.07, 6.45) is -6.17. The van der Waals surface area contributed by atoms with E-state index in [0.29, 0.717) is 11.3 Å². The number of carbonyl (C=O) groups is 1. The van der Waals surface area contributed by atoms with E-state index in [0.717, 1.165) is 0 Å². The van der Waals surface area contributed by atoms with Crippen LogP contribution in [0.15, 0.2) is 0 Å². The molecule has 1 rings (SSSR count). The number of carboxylic acid groups (broad SMARTS) is 1. The molecule has 0 aliphatic heterocycles. The van der Waals surface area contributed by atoms with Crippen LogP contribution in [-0.4, -0.2) is 50.5 Å². The summed E-state index contributed by atoms with van der Waals surface area (Å²) in [6, 6.07) is 0. The van der Waals surface area contributed by atoms with Gasteiger partial charge in [-0.05, 0) is 6.92 Å². The number of halogens is 3. The Morgan fingerprint density at radius 2 is 2.16 bits per heavy atom. The van der Waals surface area contributed by atoms with Crippen molar-refractivity contribution in [1.82, 2.24) is 15.0 Å². The standard InChI is InChI=1S/C9H12F3N3O4/c1-2-19-4-5(16)3-15-7(9(10,11)12)6(8(17)18)13-14-15/h5,16H,2-4H2,1H3,(H,17,18). The van der Waals surface area contributed by atoms with Gasteiger partial charge in [-0.1, -0.05) is 5.21 Å². The highest BCUT2D eigenvalue weighted by Crippen LogP contribution is 2.31. The van der Waals surface area contributed by atoms with E-state index in [-0.39, 0.29) is 6.61 Å². The molecule has 1 aromatic heterocycles. The van der Waals surface area contributed by atoms with Gasteiger partial charge in [0.15, 0.2) is 5.69 Å². The largest absolute Gasteiger partial charge is 0.476 e. The van der Waals surface area contributed by atoms with Crippen molar-refractivity contribution in [2.24, 2.45) is 0 Å². The summed E-state index contributed by atoms with van der Waals surface area (Å²) in [6.45, 7) is 1.21. The van der Waals surface area contributed by atoms with Gasteiger partial charge < -0.3 is 14.9 Å². The predicted octanol–water partition coefficient (Wildman–Crippen LogP) is 0.393. The number of rotatable bonds is 6. The molecule has 19 heavy (non-hydrogen) atoms. The second-order valence-electron chi connectivity index (χ2n) is 3.58. The molecule has 7 nitrogen and oxygen atoms in total. The van der Waals surface area contributed by atoms with Crippen LogP contribution in [0.3, 0.4) is 0 Å². The van der Waals surface area contributed by atoms with Crippen LogP contribution in [-0.2, 0) is 17.5 Å². The van der Waals surface area contributed by atoms with Crippen molar-refractivity contribution in [2.75, 3.05) is 13.2 Å². The first-order valence-corrected chi connectivity index (χ1v) is 5.27. The van der Waals surface area contributed by atoms with Gasteiger partial charge in [0.1, 0.15) is 0 Å². The van der Waals surface area contributed by atoms with Gasteiger partial charge >= 0.3 is 12.1 Å². The summed E-state index contributed by atoms with van der Waals surface area (Å²) in [5, 5.41) is 24.1. The van der Waals surface area contributed by atoms with Crippen molar-refractivity contribution in [1.29, 1.82) is 0 Å². The van der Waals surface area contributed by atoms with Gasteiger partial charge in [0.2, 0.25) is 5.69 Å². The summed E-state index contributed by atoms with van der Waals surface area (Å²) < 4.78 is 43.3. The van der Waals surface area contributed by atoms with E-state index in [1.165, 1.54) is 0 Å². The molecule has 0 saturated carbocycles. The minimum absolute atomic E-state index is 0.184. The molecule has 0 bridgehead atoms. The van der Waals surface area contributed by atoms with Crippen LogP contribution in [0.4, 0.5) is 13.2 Å². The minimum atomic E-state index is -4.93. The van der Waals surface area contributed by atoms with Gasteiger partial charge in [-0.3, -0.25) is 0 Å². The molecule has 1 atom stereocenters. The van der Waals surface area contributed by atoms with Crippen LogP contribution >= 0.6 is 0 Å². The summed E-state index contributed by atoms with van der Waals surface area (Å²) in [5.74, 6) is -1.84. The molecule has 1 heterocycles. The van der Waals surface area contributed by atoms with Crippen LogP contribution in [0, 0.1) is 0 Å². The maximum atomic E-state index is 12.7. The van der Waals surface area contributed by atoms with E-state index >= 15 is 0 Å². The molecular formula is C9H12F3N3O4. The van der Waals surface area contributed by atoms with Gasteiger partial charge in [-0.25, -0.2) is 9.48 Å². The molecule has 0 radical (unpaired) electrons. The Balaban J connectivity index is 2.98. The maximum absolute atomic E-state index is 12.7. The first kappa shape index (κ1) is 15.4. The van der Waals surface area contributed by atoms with E-state index in [9.17, 15) is 23.1 Å². The van der Waals surface area contributed by atoms with Crippen molar-refractivity contribution in [3.05, 3.63) is 11.4 Å². The molecule has 0 spiro atoms. The molecular weight excluding hydrogens is 271 g/mol. The molecule has 108 valence electrons. The number of hydrogen-bond acceptors (Lipinski definition) is 5. The van der Waals surface area contributed by atoms with Crippen LogP contribution < -0.4 is 0 Å². The number of aromatic carboxylic acids is 1. The van der Waals surface area contributed by atoms with E-state index in [2.05, 4.69) is 10.3 Å². The molecule has 0 aromatic carbocycles. The smallest absolute Gasteiger partial charge is 0.435 e. The Hall–Kier alpha value is -1.68. The Labute approximate surface area is 105 Å². The Kier molecular flexibility index (Phi) is 4.84. The highest BCUT2D eigenvalue weighted by atomic mass is 19.4. The zero-order chi connectivity index (χ0) is 14.6. The lowest BCUT2D eigenvalue weighted by atomic mass is 10.3. The van der Waals surface area contributed by atoms with Gasteiger partial charge in [0.25, 0.3) is 0 Å².